The van der Waals surface area contributed by atoms with Gasteiger partial charge in [0.2, 0.25) is 0 Å². The van der Waals surface area contributed by atoms with E-state index in [9.17, 15) is 4.79 Å². The molecule has 1 saturated heterocycles. The molecule has 1 fully saturated rings. The third-order valence-corrected chi connectivity index (χ3v) is 3.94. The molecule has 0 aromatic heterocycles. The molecule has 4 heteroatoms. The maximum absolute atomic E-state index is 11.8. The Balaban J connectivity index is 1.72. The third-order valence-electron chi connectivity index (χ3n) is 3.94. The van der Waals surface area contributed by atoms with Gasteiger partial charge in [0.25, 0.3) is 0 Å². The summed E-state index contributed by atoms with van der Waals surface area (Å²) in [7, 11) is 0. The molecular weight excluding hydrogens is 250 g/mol. The Morgan fingerprint density at radius 1 is 1.15 bits per heavy atom. The van der Waals surface area contributed by atoms with Crippen LogP contribution < -0.4 is 10.6 Å². The Kier molecular flexibility index (Phi) is 5.01. The van der Waals surface area contributed by atoms with E-state index >= 15 is 0 Å². The molecule has 20 heavy (non-hydrogen) atoms. The first-order valence-corrected chi connectivity index (χ1v) is 7.39. The number of carbonyl (C=O) groups is 1. The minimum Gasteiger partial charge on any atom is -0.336 e. The smallest absolute Gasteiger partial charge is 0.315 e. The van der Waals surface area contributed by atoms with Crippen molar-refractivity contribution in [2.45, 2.75) is 38.8 Å². The van der Waals surface area contributed by atoms with Crippen LogP contribution in [0.15, 0.2) is 30.3 Å². The lowest BCUT2D eigenvalue weighted by Crippen LogP contribution is -2.52. The van der Waals surface area contributed by atoms with Gasteiger partial charge in [0.15, 0.2) is 0 Å². The first-order valence-electron chi connectivity index (χ1n) is 7.39. The number of benzene rings is 1. The number of carbonyl (C=O) groups excluding carboxylic acids is 1. The van der Waals surface area contributed by atoms with Crippen molar-refractivity contribution in [3.8, 4) is 0 Å². The normalized spacial score (nSPS) is 16.1. The monoisotopic (exact) mass is 275 g/mol. The van der Waals surface area contributed by atoms with Crippen LogP contribution in [-0.4, -0.2) is 36.1 Å². The van der Waals surface area contributed by atoms with E-state index in [2.05, 4.69) is 29.4 Å². The van der Waals surface area contributed by atoms with Gasteiger partial charge in [-0.15, -0.1) is 0 Å². The van der Waals surface area contributed by atoms with Crippen molar-refractivity contribution in [2.24, 2.45) is 0 Å². The number of urea groups is 1. The lowest BCUT2D eigenvalue weighted by molar-refractivity contribution is 0.152. The standard InChI is InChI=1S/C16H25N3O/c1-16(2,19-10-6-7-11-19)13-18-15(20)17-12-14-8-4-3-5-9-14/h3-5,8-9H,6-7,10-13H2,1-2H3,(H2,17,18,20). The molecule has 2 rings (SSSR count). The molecule has 0 aliphatic carbocycles. The van der Waals surface area contributed by atoms with Crippen LogP contribution in [0.1, 0.15) is 32.3 Å². The van der Waals surface area contributed by atoms with Gasteiger partial charge < -0.3 is 10.6 Å². The number of nitrogens with one attached hydrogen (secondary N) is 2. The predicted octanol–water partition coefficient (Wildman–Crippen LogP) is 2.36. The maximum Gasteiger partial charge on any atom is 0.315 e. The average molecular weight is 275 g/mol. The molecule has 1 heterocycles. The van der Waals surface area contributed by atoms with E-state index in [4.69, 9.17) is 0 Å². The Hall–Kier alpha value is -1.55. The van der Waals surface area contributed by atoms with Gasteiger partial charge >= 0.3 is 6.03 Å². The van der Waals surface area contributed by atoms with E-state index in [0.717, 1.165) is 18.7 Å². The summed E-state index contributed by atoms with van der Waals surface area (Å²) >= 11 is 0. The summed E-state index contributed by atoms with van der Waals surface area (Å²) in [5.74, 6) is 0. The zero-order valence-corrected chi connectivity index (χ0v) is 12.5. The minimum absolute atomic E-state index is 0.0284. The fraction of sp³-hybridized carbons (Fsp3) is 0.562. The van der Waals surface area contributed by atoms with Gasteiger partial charge in [0.1, 0.15) is 0 Å². The molecule has 0 radical (unpaired) electrons. The zero-order valence-electron chi connectivity index (χ0n) is 12.5. The number of rotatable bonds is 5. The minimum atomic E-state index is -0.0962. The average Bonchev–Trinajstić information content (AvgIpc) is 2.99. The summed E-state index contributed by atoms with van der Waals surface area (Å²) in [5.41, 5.74) is 1.14. The highest BCUT2D eigenvalue weighted by molar-refractivity contribution is 5.73. The number of hydrogen-bond acceptors (Lipinski definition) is 2. The van der Waals surface area contributed by atoms with Crippen molar-refractivity contribution in [3.05, 3.63) is 35.9 Å². The van der Waals surface area contributed by atoms with Crippen LogP contribution in [0.5, 0.6) is 0 Å². The summed E-state index contributed by atoms with van der Waals surface area (Å²) in [6, 6.07) is 9.85. The van der Waals surface area contributed by atoms with E-state index < -0.39 is 0 Å². The Bertz CT molecular complexity index is 425. The molecule has 0 spiro atoms. The van der Waals surface area contributed by atoms with Crippen LogP contribution in [0.4, 0.5) is 4.79 Å². The molecule has 1 aliphatic heterocycles. The Morgan fingerprint density at radius 3 is 2.45 bits per heavy atom. The van der Waals surface area contributed by atoms with Crippen LogP contribution >= 0.6 is 0 Å². The quantitative estimate of drug-likeness (QED) is 0.866. The summed E-state index contributed by atoms with van der Waals surface area (Å²) in [5, 5.41) is 5.87. The molecule has 1 aromatic rings. The van der Waals surface area contributed by atoms with Gasteiger partial charge in [-0.1, -0.05) is 30.3 Å². The number of nitrogens with zero attached hydrogens (tertiary/aromatic N) is 1. The lowest BCUT2D eigenvalue weighted by atomic mass is 10.0. The second kappa shape index (κ2) is 6.75. The fourth-order valence-corrected chi connectivity index (χ4v) is 2.57. The second-order valence-electron chi connectivity index (χ2n) is 6.03. The highest BCUT2D eigenvalue weighted by Crippen LogP contribution is 2.19. The van der Waals surface area contributed by atoms with Crippen LogP contribution in [-0.2, 0) is 6.54 Å². The van der Waals surface area contributed by atoms with Gasteiger partial charge in [0.05, 0.1) is 0 Å². The molecule has 0 atom stereocenters. The number of hydrogen-bond donors (Lipinski definition) is 2. The largest absolute Gasteiger partial charge is 0.336 e. The van der Waals surface area contributed by atoms with E-state index in [1.807, 2.05) is 30.3 Å². The third kappa shape index (κ3) is 4.23. The van der Waals surface area contributed by atoms with Crippen LogP contribution in [0.3, 0.4) is 0 Å². The number of likely N-dealkylation sites (tertiary alicyclic amines) is 1. The van der Waals surface area contributed by atoms with Crippen LogP contribution in [0.2, 0.25) is 0 Å². The Labute approximate surface area is 121 Å². The van der Waals surface area contributed by atoms with Gasteiger partial charge in [-0.05, 0) is 45.3 Å². The van der Waals surface area contributed by atoms with Crippen molar-refractivity contribution < 1.29 is 4.79 Å². The highest BCUT2D eigenvalue weighted by atomic mass is 16.2. The second-order valence-corrected chi connectivity index (χ2v) is 6.03. The first-order chi connectivity index (χ1) is 9.58. The first kappa shape index (κ1) is 14.9. The van der Waals surface area contributed by atoms with Crippen molar-refractivity contribution in [1.29, 1.82) is 0 Å². The van der Waals surface area contributed by atoms with Crippen molar-refractivity contribution in [2.75, 3.05) is 19.6 Å². The molecule has 4 nitrogen and oxygen atoms in total. The maximum atomic E-state index is 11.8. The van der Waals surface area contributed by atoms with Crippen LogP contribution in [0.25, 0.3) is 0 Å². The summed E-state index contributed by atoms with van der Waals surface area (Å²) < 4.78 is 0. The molecule has 2 amide bonds. The van der Waals surface area contributed by atoms with E-state index in [1.165, 1.54) is 12.8 Å². The highest BCUT2D eigenvalue weighted by Gasteiger charge is 2.29. The molecule has 0 bridgehead atoms. The van der Waals surface area contributed by atoms with Gasteiger partial charge in [0, 0.05) is 18.6 Å². The van der Waals surface area contributed by atoms with E-state index in [1.54, 1.807) is 0 Å². The molecule has 110 valence electrons. The summed E-state index contributed by atoms with van der Waals surface area (Å²) in [6.45, 7) is 7.90. The molecular formula is C16H25N3O. The topological polar surface area (TPSA) is 44.4 Å². The van der Waals surface area contributed by atoms with E-state index in [0.29, 0.717) is 13.1 Å². The van der Waals surface area contributed by atoms with Crippen molar-refractivity contribution >= 4 is 6.03 Å². The SMILES string of the molecule is CC(C)(CNC(=O)NCc1ccccc1)N1CCCC1. The lowest BCUT2D eigenvalue weighted by Gasteiger charge is -2.35. The molecule has 2 N–H and O–H groups in total. The van der Waals surface area contributed by atoms with E-state index in [-0.39, 0.29) is 11.6 Å². The van der Waals surface area contributed by atoms with Gasteiger partial charge in [-0.2, -0.15) is 0 Å². The van der Waals surface area contributed by atoms with Crippen molar-refractivity contribution in [3.63, 3.8) is 0 Å². The molecule has 1 aliphatic rings. The predicted molar refractivity (Wildman–Crippen MR) is 81.6 cm³/mol. The summed E-state index contributed by atoms with van der Waals surface area (Å²) in [4.78, 5) is 14.3. The fourth-order valence-electron chi connectivity index (χ4n) is 2.57. The molecule has 1 aromatic carbocycles. The summed E-state index contributed by atoms with van der Waals surface area (Å²) in [6.07, 6.45) is 2.53. The van der Waals surface area contributed by atoms with Crippen molar-refractivity contribution in [1.82, 2.24) is 15.5 Å². The molecule has 0 saturated carbocycles. The van der Waals surface area contributed by atoms with Crippen LogP contribution in [0, 0.1) is 0 Å². The Morgan fingerprint density at radius 2 is 1.80 bits per heavy atom. The number of amides is 2. The van der Waals surface area contributed by atoms with Gasteiger partial charge in [-0.3, -0.25) is 4.90 Å². The zero-order chi connectivity index (χ0) is 14.4. The van der Waals surface area contributed by atoms with Gasteiger partial charge in [-0.25, -0.2) is 4.79 Å². The molecule has 0 unspecified atom stereocenters.